The minimum atomic E-state index is -0.657. The normalized spacial score (nSPS) is 20.7. The molecule has 0 spiro atoms. The Kier molecular flexibility index (Phi) is 7.27. The van der Waals surface area contributed by atoms with Crippen molar-refractivity contribution in [2.75, 3.05) is 38.1 Å². The molecular weight excluding hydrogens is 447 g/mol. The lowest BCUT2D eigenvalue weighted by Gasteiger charge is -2.37. The quantitative estimate of drug-likeness (QED) is 0.386. The number of aliphatic hydroxyl groups is 1. The maximum absolute atomic E-state index is 12.5. The highest BCUT2D eigenvalue weighted by molar-refractivity contribution is 14.0. The summed E-state index contributed by atoms with van der Waals surface area (Å²) < 4.78 is 1.69. The minimum absolute atomic E-state index is 0. The number of carbonyl (C=O) groups is 1. The van der Waals surface area contributed by atoms with E-state index in [9.17, 15) is 9.90 Å². The maximum atomic E-state index is 12.5. The number of aryl methyl sites for hydroxylation is 1. The fourth-order valence-corrected chi connectivity index (χ4v) is 3.64. The van der Waals surface area contributed by atoms with E-state index in [0.29, 0.717) is 25.6 Å². The molecule has 1 aliphatic carbocycles. The van der Waals surface area contributed by atoms with E-state index >= 15 is 0 Å². The molecule has 9 heteroatoms. The summed E-state index contributed by atoms with van der Waals surface area (Å²) in [6.45, 7) is 2.04. The van der Waals surface area contributed by atoms with Gasteiger partial charge < -0.3 is 20.2 Å². The Morgan fingerprint density at radius 3 is 2.65 bits per heavy atom. The number of halogens is 1. The van der Waals surface area contributed by atoms with Crippen LogP contribution in [0, 0.1) is 0 Å². The summed E-state index contributed by atoms with van der Waals surface area (Å²) in [5.74, 6) is 0.705. The molecular formula is C17H29IN6O2. The van der Waals surface area contributed by atoms with Crippen molar-refractivity contribution in [3.63, 3.8) is 0 Å². The largest absolute Gasteiger partial charge is 0.388 e. The van der Waals surface area contributed by atoms with Gasteiger partial charge in [0.15, 0.2) is 5.96 Å². The van der Waals surface area contributed by atoms with Crippen LogP contribution >= 0.6 is 24.0 Å². The monoisotopic (exact) mass is 476 g/mol. The lowest BCUT2D eigenvalue weighted by atomic mass is 9.85. The van der Waals surface area contributed by atoms with Crippen molar-refractivity contribution in [2.24, 2.45) is 12.0 Å². The number of rotatable bonds is 3. The number of nitrogens with one attached hydrogen (secondary N) is 1. The smallest absolute Gasteiger partial charge is 0.246 e. The van der Waals surface area contributed by atoms with Crippen LogP contribution in [0.4, 0.5) is 5.69 Å². The standard InChI is InChI=1S/C17H28N6O2.HI/c1-18-16(19-13-17(25)6-4-3-5-7-17)22-8-9-23(15(24)12-22)14-10-20-21(2)11-14;/h10-11,25H,3-9,12-13H2,1-2H3,(H,18,19);1H. The van der Waals surface area contributed by atoms with Gasteiger partial charge in [0.2, 0.25) is 5.91 Å². The number of hydrogen-bond acceptors (Lipinski definition) is 4. The van der Waals surface area contributed by atoms with E-state index in [2.05, 4.69) is 15.4 Å². The first-order valence-corrected chi connectivity index (χ1v) is 8.98. The first-order chi connectivity index (χ1) is 12.0. The summed E-state index contributed by atoms with van der Waals surface area (Å²) >= 11 is 0. The number of piperazine rings is 1. The summed E-state index contributed by atoms with van der Waals surface area (Å²) in [4.78, 5) is 20.5. The van der Waals surface area contributed by atoms with Gasteiger partial charge in [-0.2, -0.15) is 5.10 Å². The van der Waals surface area contributed by atoms with Gasteiger partial charge in [0.05, 0.1) is 17.5 Å². The number of carbonyl (C=O) groups excluding carboxylic acids is 1. The van der Waals surface area contributed by atoms with Gasteiger partial charge in [-0.1, -0.05) is 19.3 Å². The molecule has 0 atom stereocenters. The summed E-state index contributed by atoms with van der Waals surface area (Å²) in [7, 11) is 3.55. The molecule has 1 saturated carbocycles. The van der Waals surface area contributed by atoms with Gasteiger partial charge in [0.1, 0.15) is 6.54 Å². The number of anilines is 1. The van der Waals surface area contributed by atoms with E-state index in [-0.39, 0.29) is 36.4 Å². The molecule has 2 heterocycles. The van der Waals surface area contributed by atoms with Crippen molar-refractivity contribution in [3.8, 4) is 0 Å². The third-order valence-electron chi connectivity index (χ3n) is 5.09. The first kappa shape index (κ1) is 20.9. The highest BCUT2D eigenvalue weighted by atomic mass is 127. The van der Waals surface area contributed by atoms with Gasteiger partial charge in [0.25, 0.3) is 0 Å². The molecule has 0 bridgehead atoms. The Morgan fingerprint density at radius 2 is 2.08 bits per heavy atom. The van der Waals surface area contributed by atoms with E-state index in [0.717, 1.165) is 31.4 Å². The lowest BCUT2D eigenvalue weighted by molar-refractivity contribution is -0.120. The van der Waals surface area contributed by atoms with Gasteiger partial charge in [-0.05, 0) is 12.8 Å². The number of amides is 1. The van der Waals surface area contributed by atoms with Gasteiger partial charge in [-0.15, -0.1) is 24.0 Å². The molecule has 8 nitrogen and oxygen atoms in total. The van der Waals surface area contributed by atoms with Gasteiger partial charge in [-0.3, -0.25) is 14.5 Å². The Balaban J connectivity index is 0.00000243. The Bertz CT molecular complexity index is 641. The fraction of sp³-hybridized carbons (Fsp3) is 0.706. The van der Waals surface area contributed by atoms with Crippen LogP contribution in [-0.4, -0.2) is 70.5 Å². The predicted molar refractivity (Wildman–Crippen MR) is 112 cm³/mol. The van der Waals surface area contributed by atoms with Crippen LogP contribution in [0.15, 0.2) is 17.4 Å². The highest BCUT2D eigenvalue weighted by Crippen LogP contribution is 2.27. The fourth-order valence-electron chi connectivity index (χ4n) is 3.64. The van der Waals surface area contributed by atoms with Crippen molar-refractivity contribution >= 4 is 41.5 Å². The molecule has 3 rings (SSSR count). The molecule has 2 aliphatic rings. The second-order valence-corrected chi connectivity index (χ2v) is 7.02. The number of guanidine groups is 1. The van der Waals surface area contributed by atoms with E-state index < -0.39 is 5.60 Å². The van der Waals surface area contributed by atoms with Crippen molar-refractivity contribution in [2.45, 2.75) is 37.7 Å². The van der Waals surface area contributed by atoms with E-state index in [1.165, 1.54) is 6.42 Å². The average molecular weight is 476 g/mol. The third kappa shape index (κ3) is 4.87. The molecule has 2 fully saturated rings. The second-order valence-electron chi connectivity index (χ2n) is 7.02. The minimum Gasteiger partial charge on any atom is -0.388 e. The lowest BCUT2D eigenvalue weighted by Crippen LogP contribution is -2.57. The topological polar surface area (TPSA) is 86.0 Å². The molecule has 1 aliphatic heterocycles. The number of aromatic nitrogens is 2. The zero-order chi connectivity index (χ0) is 17.9. The van der Waals surface area contributed by atoms with Crippen molar-refractivity contribution < 1.29 is 9.90 Å². The summed E-state index contributed by atoms with van der Waals surface area (Å²) in [6, 6.07) is 0. The van der Waals surface area contributed by atoms with Crippen molar-refractivity contribution in [3.05, 3.63) is 12.4 Å². The van der Waals surface area contributed by atoms with Crippen LogP contribution in [0.2, 0.25) is 0 Å². The molecule has 146 valence electrons. The van der Waals surface area contributed by atoms with Crippen LogP contribution in [0.3, 0.4) is 0 Å². The SMILES string of the molecule is CN=C(NCC1(O)CCCCC1)N1CCN(c2cnn(C)c2)C(=O)C1.I. The van der Waals surface area contributed by atoms with Gasteiger partial charge in [0, 0.05) is 39.9 Å². The molecule has 1 aromatic rings. The van der Waals surface area contributed by atoms with E-state index in [1.54, 1.807) is 22.8 Å². The van der Waals surface area contributed by atoms with E-state index in [4.69, 9.17) is 0 Å². The number of aliphatic imine (C=N–C) groups is 1. The predicted octanol–water partition coefficient (Wildman–Crippen LogP) is 0.957. The van der Waals surface area contributed by atoms with Crippen LogP contribution in [0.5, 0.6) is 0 Å². The molecule has 0 aromatic carbocycles. The van der Waals surface area contributed by atoms with Gasteiger partial charge in [-0.25, -0.2) is 0 Å². The van der Waals surface area contributed by atoms with Crippen molar-refractivity contribution in [1.82, 2.24) is 20.0 Å². The van der Waals surface area contributed by atoms with Crippen LogP contribution < -0.4 is 10.2 Å². The summed E-state index contributed by atoms with van der Waals surface area (Å²) in [6.07, 6.45) is 8.54. The molecule has 1 aromatic heterocycles. The van der Waals surface area contributed by atoms with Crippen LogP contribution in [0.1, 0.15) is 32.1 Å². The highest BCUT2D eigenvalue weighted by Gasteiger charge is 2.31. The van der Waals surface area contributed by atoms with Crippen LogP contribution in [-0.2, 0) is 11.8 Å². The third-order valence-corrected chi connectivity index (χ3v) is 5.09. The molecule has 0 radical (unpaired) electrons. The molecule has 2 N–H and O–H groups in total. The summed E-state index contributed by atoms with van der Waals surface area (Å²) in [5, 5.41) is 18.0. The maximum Gasteiger partial charge on any atom is 0.246 e. The zero-order valence-corrected chi connectivity index (χ0v) is 17.8. The van der Waals surface area contributed by atoms with E-state index in [1.807, 2.05) is 18.1 Å². The first-order valence-electron chi connectivity index (χ1n) is 8.98. The Hall–Kier alpha value is -1.36. The van der Waals surface area contributed by atoms with Crippen molar-refractivity contribution in [1.29, 1.82) is 0 Å². The Labute approximate surface area is 171 Å². The summed E-state index contributed by atoms with van der Waals surface area (Å²) in [5.41, 5.74) is 0.169. The number of nitrogens with zero attached hydrogens (tertiary/aromatic N) is 5. The molecule has 1 amide bonds. The van der Waals surface area contributed by atoms with Crippen LogP contribution in [0.25, 0.3) is 0 Å². The number of hydrogen-bond donors (Lipinski definition) is 2. The molecule has 26 heavy (non-hydrogen) atoms. The second kappa shape index (κ2) is 9.03. The van der Waals surface area contributed by atoms with Gasteiger partial charge >= 0.3 is 0 Å². The average Bonchev–Trinajstić information content (AvgIpc) is 3.02. The zero-order valence-electron chi connectivity index (χ0n) is 15.5. The molecule has 0 unspecified atom stereocenters. The molecule has 1 saturated heterocycles. The Morgan fingerprint density at radius 1 is 1.35 bits per heavy atom.